The Hall–Kier alpha value is -0.370. The molecule has 1 aliphatic rings. The molecule has 3 nitrogen and oxygen atoms in total. The molecule has 0 aliphatic carbocycles. The van der Waals surface area contributed by atoms with Crippen LogP contribution in [-0.2, 0) is 6.54 Å². The summed E-state index contributed by atoms with van der Waals surface area (Å²) in [5.74, 6) is 0.589. The van der Waals surface area contributed by atoms with Gasteiger partial charge in [-0.1, -0.05) is 22.0 Å². The number of benzene rings is 1. The number of hydrogen-bond acceptors (Lipinski definition) is 3. The van der Waals surface area contributed by atoms with E-state index in [1.807, 2.05) is 0 Å². The van der Waals surface area contributed by atoms with Gasteiger partial charge in [-0.2, -0.15) is 0 Å². The minimum Gasteiger partial charge on any atom is -0.356 e. The predicted octanol–water partition coefficient (Wildman–Crippen LogP) is 2.65. The minimum atomic E-state index is -0.233. The molecular formula is C11H14BrFIN3. The first-order valence-electron chi connectivity index (χ1n) is 5.22. The lowest BCUT2D eigenvalue weighted by Crippen LogP contribution is -2.40. The normalized spacial score (nSPS) is 14.4. The van der Waals surface area contributed by atoms with Crippen LogP contribution in [0.5, 0.6) is 0 Å². The van der Waals surface area contributed by atoms with Gasteiger partial charge in [0.05, 0.1) is 0 Å². The number of nitrogens with one attached hydrogen (secondary N) is 2. The second-order valence-electron chi connectivity index (χ2n) is 3.60. The first kappa shape index (κ1) is 14.7. The van der Waals surface area contributed by atoms with E-state index in [4.69, 9.17) is 0 Å². The highest BCUT2D eigenvalue weighted by molar-refractivity contribution is 14.0. The first-order chi connectivity index (χ1) is 7.75. The first-order valence-corrected chi connectivity index (χ1v) is 6.01. The van der Waals surface area contributed by atoms with E-state index in [9.17, 15) is 4.39 Å². The lowest BCUT2D eigenvalue weighted by Gasteiger charge is -2.16. The molecule has 1 aliphatic heterocycles. The van der Waals surface area contributed by atoms with Gasteiger partial charge in [0.2, 0.25) is 0 Å². The van der Waals surface area contributed by atoms with Crippen molar-refractivity contribution >= 4 is 45.9 Å². The van der Waals surface area contributed by atoms with Crippen molar-refractivity contribution in [2.75, 3.05) is 13.1 Å². The highest BCUT2D eigenvalue weighted by atomic mass is 127. The van der Waals surface area contributed by atoms with Crippen LogP contribution in [0.4, 0.5) is 4.39 Å². The van der Waals surface area contributed by atoms with Crippen molar-refractivity contribution in [1.82, 2.24) is 10.6 Å². The van der Waals surface area contributed by atoms with Gasteiger partial charge >= 0.3 is 0 Å². The summed E-state index contributed by atoms with van der Waals surface area (Å²) in [7, 11) is 0. The fourth-order valence-corrected chi connectivity index (χ4v) is 1.99. The van der Waals surface area contributed by atoms with Crippen molar-refractivity contribution < 1.29 is 4.39 Å². The largest absolute Gasteiger partial charge is 0.356 e. The number of rotatable bonds is 2. The van der Waals surface area contributed by atoms with Crippen molar-refractivity contribution in [3.05, 3.63) is 34.1 Å². The number of halogens is 3. The average Bonchev–Trinajstić information content (AvgIpc) is 2.29. The Morgan fingerprint density at radius 3 is 2.94 bits per heavy atom. The molecule has 0 saturated heterocycles. The van der Waals surface area contributed by atoms with E-state index < -0.39 is 0 Å². The van der Waals surface area contributed by atoms with Crippen LogP contribution in [0.1, 0.15) is 12.0 Å². The van der Waals surface area contributed by atoms with Crippen molar-refractivity contribution in [3.63, 3.8) is 0 Å². The molecule has 0 radical (unpaired) electrons. The van der Waals surface area contributed by atoms with Crippen molar-refractivity contribution in [2.24, 2.45) is 4.99 Å². The van der Waals surface area contributed by atoms with Gasteiger partial charge in [0.1, 0.15) is 5.82 Å². The van der Waals surface area contributed by atoms with Crippen molar-refractivity contribution in [2.45, 2.75) is 13.0 Å². The molecule has 0 atom stereocenters. The maximum absolute atomic E-state index is 12.9. The van der Waals surface area contributed by atoms with Gasteiger partial charge in [-0.15, -0.1) is 24.0 Å². The molecule has 0 fully saturated rings. The molecule has 0 amide bonds. The van der Waals surface area contributed by atoms with E-state index in [2.05, 4.69) is 31.6 Å². The SMILES string of the molecule is Fc1ccc(CNC2=NCCCN2)c(Br)c1.I. The van der Waals surface area contributed by atoms with Gasteiger partial charge in [0, 0.05) is 24.1 Å². The fraction of sp³-hybridized carbons (Fsp3) is 0.364. The van der Waals surface area contributed by atoms with Gasteiger partial charge in [0.15, 0.2) is 5.96 Å². The molecule has 1 aromatic carbocycles. The molecular weight excluding hydrogens is 400 g/mol. The third kappa shape index (κ3) is 4.42. The van der Waals surface area contributed by atoms with Gasteiger partial charge in [-0.25, -0.2) is 4.39 Å². The summed E-state index contributed by atoms with van der Waals surface area (Å²) in [6.07, 6.45) is 1.07. The third-order valence-electron chi connectivity index (χ3n) is 2.36. The molecule has 0 unspecified atom stereocenters. The van der Waals surface area contributed by atoms with E-state index in [0.29, 0.717) is 6.54 Å². The zero-order valence-corrected chi connectivity index (χ0v) is 13.1. The van der Waals surface area contributed by atoms with Crippen LogP contribution in [0.15, 0.2) is 27.7 Å². The van der Waals surface area contributed by atoms with Crippen LogP contribution in [0.2, 0.25) is 0 Å². The summed E-state index contributed by atoms with van der Waals surface area (Å²) >= 11 is 3.33. The third-order valence-corrected chi connectivity index (χ3v) is 3.10. The highest BCUT2D eigenvalue weighted by Gasteiger charge is 2.05. The quantitative estimate of drug-likeness (QED) is 0.731. The van der Waals surface area contributed by atoms with E-state index >= 15 is 0 Å². The van der Waals surface area contributed by atoms with Crippen LogP contribution in [0, 0.1) is 5.82 Å². The van der Waals surface area contributed by atoms with Gasteiger partial charge < -0.3 is 10.6 Å². The molecule has 0 aromatic heterocycles. The van der Waals surface area contributed by atoms with Crippen LogP contribution in [0.3, 0.4) is 0 Å². The lowest BCUT2D eigenvalue weighted by molar-refractivity contribution is 0.625. The molecule has 94 valence electrons. The molecule has 2 N–H and O–H groups in total. The predicted molar refractivity (Wildman–Crippen MR) is 81.3 cm³/mol. The molecule has 6 heteroatoms. The minimum absolute atomic E-state index is 0. The number of guanidine groups is 1. The standard InChI is InChI=1S/C11H13BrFN3.HI/c12-10-6-9(13)3-2-8(10)7-16-11-14-4-1-5-15-11;/h2-3,6H,1,4-5,7H2,(H2,14,15,16);1H. The van der Waals surface area contributed by atoms with Crippen LogP contribution >= 0.6 is 39.9 Å². The van der Waals surface area contributed by atoms with Crippen molar-refractivity contribution in [1.29, 1.82) is 0 Å². The second-order valence-corrected chi connectivity index (χ2v) is 4.45. The summed E-state index contributed by atoms with van der Waals surface area (Å²) in [4.78, 5) is 4.30. The lowest BCUT2D eigenvalue weighted by atomic mass is 10.2. The summed E-state index contributed by atoms with van der Waals surface area (Å²) in [6.45, 7) is 2.45. The molecule has 0 saturated carbocycles. The van der Waals surface area contributed by atoms with Gasteiger partial charge in [0.25, 0.3) is 0 Å². The Morgan fingerprint density at radius 2 is 2.29 bits per heavy atom. The fourth-order valence-electron chi connectivity index (χ4n) is 1.50. The maximum atomic E-state index is 12.9. The summed E-state index contributed by atoms with van der Waals surface area (Å²) < 4.78 is 13.6. The smallest absolute Gasteiger partial charge is 0.191 e. The van der Waals surface area contributed by atoms with E-state index in [0.717, 1.165) is 35.5 Å². The van der Waals surface area contributed by atoms with Gasteiger partial charge in [-0.05, 0) is 24.1 Å². The van der Waals surface area contributed by atoms with Crippen LogP contribution < -0.4 is 10.6 Å². The summed E-state index contributed by atoms with van der Waals surface area (Å²) in [5.41, 5.74) is 1.01. The molecule has 2 rings (SSSR count). The Bertz CT molecular complexity index is 412. The molecule has 0 bridgehead atoms. The van der Waals surface area contributed by atoms with Crippen LogP contribution in [0.25, 0.3) is 0 Å². The summed E-state index contributed by atoms with van der Waals surface area (Å²) in [6, 6.07) is 4.68. The van der Waals surface area contributed by atoms with E-state index in [1.165, 1.54) is 12.1 Å². The molecule has 0 spiro atoms. The number of hydrogen-bond donors (Lipinski definition) is 2. The second kappa shape index (κ2) is 7.15. The summed E-state index contributed by atoms with van der Waals surface area (Å²) in [5, 5.41) is 6.35. The average molecular weight is 414 g/mol. The Kier molecular flexibility index (Phi) is 6.18. The molecule has 1 aromatic rings. The monoisotopic (exact) mass is 413 g/mol. The van der Waals surface area contributed by atoms with Gasteiger partial charge in [-0.3, -0.25) is 4.99 Å². The highest BCUT2D eigenvalue weighted by Crippen LogP contribution is 2.17. The number of aliphatic imine (C=N–C) groups is 1. The van der Waals surface area contributed by atoms with Crippen molar-refractivity contribution in [3.8, 4) is 0 Å². The van der Waals surface area contributed by atoms with Crippen LogP contribution in [-0.4, -0.2) is 19.0 Å². The maximum Gasteiger partial charge on any atom is 0.191 e. The Balaban J connectivity index is 0.00000144. The zero-order chi connectivity index (χ0) is 11.4. The Labute approximate surface area is 125 Å². The van der Waals surface area contributed by atoms with E-state index in [-0.39, 0.29) is 29.8 Å². The zero-order valence-electron chi connectivity index (χ0n) is 9.17. The topological polar surface area (TPSA) is 36.4 Å². The molecule has 1 heterocycles. The molecule has 17 heavy (non-hydrogen) atoms. The number of nitrogens with zero attached hydrogens (tertiary/aromatic N) is 1. The Morgan fingerprint density at radius 1 is 1.47 bits per heavy atom. The van der Waals surface area contributed by atoms with E-state index in [1.54, 1.807) is 6.07 Å².